The van der Waals surface area contributed by atoms with Crippen LogP contribution in [0.15, 0.2) is 60.4 Å². The van der Waals surface area contributed by atoms with Gasteiger partial charge in [0.05, 0.1) is 5.52 Å². The predicted octanol–water partition coefficient (Wildman–Crippen LogP) is 11.7. The van der Waals surface area contributed by atoms with Crippen molar-refractivity contribution in [3.63, 3.8) is 0 Å². The van der Waals surface area contributed by atoms with Crippen molar-refractivity contribution in [1.29, 1.82) is 0 Å². The first kappa shape index (κ1) is 38.4. The van der Waals surface area contributed by atoms with E-state index in [0.29, 0.717) is 0 Å². The molecule has 1 heterocycles. The van der Waals surface area contributed by atoms with Crippen molar-refractivity contribution in [1.82, 2.24) is 4.98 Å². The molecular weight excluding hydrogens is 731 g/mol. The fraction of sp³-hybridized carbons (Fsp3) is 0.463. The summed E-state index contributed by atoms with van der Waals surface area (Å²) in [5.74, 6) is 0.286. The van der Waals surface area contributed by atoms with Crippen molar-refractivity contribution in [2.45, 2.75) is 114 Å². The van der Waals surface area contributed by atoms with E-state index in [2.05, 4.69) is 96.1 Å². The van der Waals surface area contributed by atoms with Gasteiger partial charge < -0.3 is 5.11 Å². The van der Waals surface area contributed by atoms with E-state index in [4.69, 9.17) is 4.98 Å². The van der Waals surface area contributed by atoms with E-state index in [1.165, 1.54) is 39.1 Å². The van der Waals surface area contributed by atoms with Crippen LogP contribution in [0.2, 0.25) is 0 Å². The number of carbonyl (C=O) groups excluding carboxylic acids is 1. The van der Waals surface area contributed by atoms with Crippen LogP contribution in [0.3, 0.4) is 0 Å². The maximum atomic E-state index is 12.2. The molecule has 0 amide bonds. The zero-order valence-electron chi connectivity index (χ0n) is 29.7. The summed E-state index contributed by atoms with van der Waals surface area (Å²) in [7, 11) is 0. The molecule has 4 rings (SSSR count). The summed E-state index contributed by atoms with van der Waals surface area (Å²) >= 11 is 0. The van der Waals surface area contributed by atoms with E-state index >= 15 is 0 Å². The molecule has 3 nitrogen and oxygen atoms in total. The minimum Gasteiger partial charge on any atom is -0.512 e. The number of pyridine rings is 1. The van der Waals surface area contributed by atoms with Gasteiger partial charge in [0.2, 0.25) is 0 Å². The largest absolute Gasteiger partial charge is 0.512 e. The molecule has 0 saturated carbocycles. The van der Waals surface area contributed by atoms with Crippen molar-refractivity contribution in [2.75, 3.05) is 0 Å². The fourth-order valence-electron chi connectivity index (χ4n) is 5.80. The van der Waals surface area contributed by atoms with E-state index < -0.39 is 0 Å². The average Bonchev–Trinajstić information content (AvgIpc) is 2.98. The number of rotatable bonds is 8. The molecule has 0 aliphatic carbocycles. The average molecular weight is 785 g/mol. The van der Waals surface area contributed by atoms with Crippen molar-refractivity contribution in [2.24, 2.45) is 10.8 Å². The molecule has 245 valence electrons. The van der Waals surface area contributed by atoms with Gasteiger partial charge in [-0.25, -0.2) is 0 Å². The topological polar surface area (TPSA) is 50.2 Å². The van der Waals surface area contributed by atoms with Gasteiger partial charge >= 0.3 is 0 Å². The Balaban J connectivity index is 0.000000343. The van der Waals surface area contributed by atoms with Crippen LogP contribution < -0.4 is 0 Å². The summed E-state index contributed by atoms with van der Waals surface area (Å²) in [6.07, 6.45) is 4.75. The monoisotopic (exact) mass is 785 g/mol. The summed E-state index contributed by atoms with van der Waals surface area (Å²) in [5, 5.41) is 13.8. The number of nitrogens with zero attached hydrogens (tertiary/aromatic N) is 1. The van der Waals surface area contributed by atoms with E-state index in [1.54, 1.807) is 0 Å². The number of aliphatic hydroxyl groups is 1. The SMILES string of the molecule is CCC(C)(CC)C(=O)/C=C(\O)C(C)(CC)CC.Cc1cc(C)c2c(C)cc(-c3[c-]c4ccccc4c(C(C)(C)C)c3)nc2c1.[Ir]. The molecule has 0 saturated heterocycles. The second-order valence-electron chi connectivity index (χ2n) is 14.1. The Kier molecular flexibility index (Phi) is 12.9. The number of benzene rings is 3. The standard InChI is InChI=1S/C26H26N.C15H28O2.Ir/c1-16-11-17(2)25-18(3)13-23(27-24(25)12-16)20-14-19-9-7-8-10-21(19)22(15-20)26(4,5)6;1-7-14(5,8-2)12(16)11-13(17)15(6,9-3)10-4;/h7-13,15H,1-6H3;11,16H,7-10H2,1-6H3;/q-1;;/b;12-11-;. The quantitative estimate of drug-likeness (QED) is 0.110. The van der Waals surface area contributed by atoms with Gasteiger partial charge in [-0.15, -0.1) is 29.1 Å². The molecule has 0 bridgehead atoms. The smallest absolute Gasteiger partial charge is 0.164 e. The molecule has 1 radical (unpaired) electrons. The Bertz CT molecular complexity index is 1670. The van der Waals surface area contributed by atoms with Gasteiger partial charge in [-0.2, -0.15) is 0 Å². The number of carbonyl (C=O) groups is 1. The number of fused-ring (bicyclic) bond motifs is 2. The van der Waals surface area contributed by atoms with Crippen LogP contribution in [0.4, 0.5) is 0 Å². The van der Waals surface area contributed by atoms with Gasteiger partial charge in [-0.3, -0.25) is 9.78 Å². The normalized spacial score (nSPS) is 12.5. The number of ketones is 1. The van der Waals surface area contributed by atoms with Crippen LogP contribution in [0, 0.1) is 37.7 Å². The number of hydrogen-bond acceptors (Lipinski definition) is 3. The van der Waals surface area contributed by atoms with Crippen LogP contribution in [0.25, 0.3) is 32.9 Å². The van der Waals surface area contributed by atoms with Crippen molar-refractivity contribution in [3.8, 4) is 11.3 Å². The second kappa shape index (κ2) is 15.2. The molecule has 0 fully saturated rings. The van der Waals surface area contributed by atoms with Crippen LogP contribution in [-0.2, 0) is 30.3 Å². The Morgan fingerprint density at radius 1 is 0.822 bits per heavy atom. The first-order valence-electron chi connectivity index (χ1n) is 16.3. The molecule has 1 aromatic heterocycles. The molecule has 0 atom stereocenters. The molecule has 4 heteroatoms. The Morgan fingerprint density at radius 3 is 1.93 bits per heavy atom. The third-order valence-electron chi connectivity index (χ3n) is 9.91. The Morgan fingerprint density at radius 2 is 1.38 bits per heavy atom. The van der Waals surface area contributed by atoms with Gasteiger partial charge in [0.1, 0.15) is 5.76 Å². The molecule has 3 aromatic carbocycles. The summed E-state index contributed by atoms with van der Waals surface area (Å²) in [4.78, 5) is 17.2. The van der Waals surface area contributed by atoms with E-state index in [1.807, 2.05) is 41.5 Å². The van der Waals surface area contributed by atoms with E-state index in [9.17, 15) is 9.90 Å². The van der Waals surface area contributed by atoms with Gasteiger partial charge in [-0.05, 0) is 74.6 Å². The minimum absolute atomic E-state index is 0. The van der Waals surface area contributed by atoms with E-state index in [0.717, 1.165) is 47.8 Å². The fourth-order valence-corrected chi connectivity index (χ4v) is 5.80. The molecular formula is C41H54IrNO2-. The first-order valence-corrected chi connectivity index (χ1v) is 16.3. The Hall–Kier alpha value is -2.81. The minimum atomic E-state index is -0.337. The number of allylic oxidation sites excluding steroid dienone is 2. The summed E-state index contributed by atoms with van der Waals surface area (Å²) in [5.41, 5.74) is 7.75. The third kappa shape index (κ3) is 8.52. The maximum Gasteiger partial charge on any atom is 0.164 e. The number of aryl methyl sites for hydroxylation is 3. The van der Waals surface area contributed by atoms with E-state index in [-0.39, 0.29) is 47.9 Å². The van der Waals surface area contributed by atoms with Crippen LogP contribution in [0.5, 0.6) is 0 Å². The van der Waals surface area contributed by atoms with Crippen molar-refractivity contribution < 1.29 is 30.0 Å². The zero-order chi connectivity index (χ0) is 33.0. The molecule has 0 unspecified atom stereocenters. The van der Waals surface area contributed by atoms with Crippen LogP contribution >= 0.6 is 0 Å². The molecule has 45 heavy (non-hydrogen) atoms. The molecule has 0 aliphatic rings. The number of aromatic nitrogens is 1. The summed E-state index contributed by atoms with van der Waals surface area (Å²) in [6, 6.07) is 21.1. The zero-order valence-corrected chi connectivity index (χ0v) is 32.1. The second-order valence-corrected chi connectivity index (χ2v) is 14.1. The number of hydrogen-bond donors (Lipinski definition) is 1. The van der Waals surface area contributed by atoms with Crippen molar-refractivity contribution >= 4 is 27.5 Å². The van der Waals surface area contributed by atoms with Gasteiger partial charge in [-0.1, -0.05) is 104 Å². The molecule has 0 aliphatic heterocycles. The van der Waals surface area contributed by atoms with Gasteiger partial charge in [0.15, 0.2) is 5.78 Å². The van der Waals surface area contributed by atoms with Crippen LogP contribution in [-0.4, -0.2) is 15.9 Å². The molecule has 1 N–H and O–H groups in total. The van der Waals surface area contributed by atoms with Crippen molar-refractivity contribution in [3.05, 3.63) is 88.7 Å². The summed E-state index contributed by atoms with van der Waals surface area (Å²) < 4.78 is 0. The third-order valence-corrected chi connectivity index (χ3v) is 9.91. The first-order chi connectivity index (χ1) is 20.5. The number of aliphatic hydroxyl groups excluding tert-OH is 1. The summed E-state index contributed by atoms with van der Waals surface area (Å²) in [6.45, 7) is 25.4. The van der Waals surface area contributed by atoms with Gasteiger partial charge in [0.25, 0.3) is 0 Å². The van der Waals surface area contributed by atoms with Crippen LogP contribution in [0.1, 0.15) is 110 Å². The molecule has 0 spiro atoms. The maximum absolute atomic E-state index is 12.2. The molecule has 4 aromatic rings. The Labute approximate surface area is 286 Å². The van der Waals surface area contributed by atoms with Gasteiger partial charge in [0, 0.05) is 48.1 Å². The predicted molar refractivity (Wildman–Crippen MR) is 190 cm³/mol.